The summed E-state index contributed by atoms with van der Waals surface area (Å²) in [6.45, 7) is 2.88. The van der Waals surface area contributed by atoms with Crippen molar-refractivity contribution in [3.63, 3.8) is 0 Å². The highest BCUT2D eigenvalue weighted by molar-refractivity contribution is 5.88. The largest absolute Gasteiger partial charge is 0.497 e. The van der Waals surface area contributed by atoms with Gasteiger partial charge in [0.1, 0.15) is 5.75 Å². The summed E-state index contributed by atoms with van der Waals surface area (Å²) in [4.78, 5) is 2.40. The van der Waals surface area contributed by atoms with E-state index in [1.807, 2.05) is 6.07 Å². The Morgan fingerprint density at radius 1 is 0.957 bits per heavy atom. The number of methoxy groups -OCH3 is 1. The van der Waals surface area contributed by atoms with Crippen LogP contribution in [0.3, 0.4) is 0 Å². The molecule has 4 rings (SSSR count). The number of ether oxygens (including phenoxy) is 1. The van der Waals surface area contributed by atoms with Crippen LogP contribution in [0.4, 0.5) is 11.4 Å². The summed E-state index contributed by atoms with van der Waals surface area (Å²) >= 11 is 0. The van der Waals surface area contributed by atoms with E-state index in [1.54, 1.807) is 7.11 Å². The fraction of sp³-hybridized carbons (Fsp3) is 0.200. The molecular formula is C20H20N2O. The van der Waals surface area contributed by atoms with Crippen molar-refractivity contribution < 1.29 is 4.74 Å². The Balaban J connectivity index is 1.79. The molecule has 3 aromatic carbocycles. The van der Waals surface area contributed by atoms with Gasteiger partial charge in [-0.1, -0.05) is 30.3 Å². The van der Waals surface area contributed by atoms with Gasteiger partial charge in [0, 0.05) is 31.0 Å². The molecule has 23 heavy (non-hydrogen) atoms. The maximum absolute atomic E-state index is 5.31. The molecule has 3 nitrogen and oxygen atoms in total. The second-order valence-electron chi connectivity index (χ2n) is 5.85. The van der Waals surface area contributed by atoms with Gasteiger partial charge in [0.15, 0.2) is 0 Å². The molecule has 3 heteroatoms. The van der Waals surface area contributed by atoms with Gasteiger partial charge in [-0.05, 0) is 46.7 Å². The van der Waals surface area contributed by atoms with Crippen LogP contribution in [-0.4, -0.2) is 20.2 Å². The monoisotopic (exact) mass is 304 g/mol. The SMILES string of the molecule is COc1ccc2cc(N3CCNCc4ccccc43)ccc2c1. The summed E-state index contributed by atoms with van der Waals surface area (Å²) in [6, 6.07) is 21.5. The van der Waals surface area contributed by atoms with Crippen LogP contribution >= 0.6 is 0 Å². The lowest BCUT2D eigenvalue weighted by atomic mass is 10.1. The summed E-state index contributed by atoms with van der Waals surface area (Å²) < 4.78 is 5.31. The number of hydrogen-bond acceptors (Lipinski definition) is 3. The van der Waals surface area contributed by atoms with Gasteiger partial charge in [-0.3, -0.25) is 0 Å². The molecule has 0 atom stereocenters. The van der Waals surface area contributed by atoms with Crippen molar-refractivity contribution >= 4 is 22.1 Å². The number of benzene rings is 3. The highest BCUT2D eigenvalue weighted by Gasteiger charge is 2.16. The normalized spacial score (nSPS) is 14.4. The minimum atomic E-state index is 0.898. The van der Waals surface area contributed by atoms with E-state index >= 15 is 0 Å². The predicted octanol–water partition coefficient (Wildman–Crippen LogP) is 4.09. The summed E-state index contributed by atoms with van der Waals surface area (Å²) in [7, 11) is 1.71. The van der Waals surface area contributed by atoms with E-state index < -0.39 is 0 Å². The first-order valence-corrected chi connectivity index (χ1v) is 7.99. The minimum absolute atomic E-state index is 0.898. The Morgan fingerprint density at radius 3 is 2.70 bits per heavy atom. The van der Waals surface area contributed by atoms with E-state index in [9.17, 15) is 0 Å². The first-order chi connectivity index (χ1) is 11.3. The molecule has 0 fully saturated rings. The van der Waals surface area contributed by atoms with Crippen LogP contribution in [0.15, 0.2) is 60.7 Å². The Kier molecular flexibility index (Phi) is 3.64. The van der Waals surface area contributed by atoms with Crippen molar-refractivity contribution in [3.05, 3.63) is 66.2 Å². The molecule has 0 radical (unpaired) electrons. The molecule has 116 valence electrons. The number of hydrogen-bond donors (Lipinski definition) is 1. The molecule has 0 spiro atoms. The van der Waals surface area contributed by atoms with Crippen molar-refractivity contribution in [3.8, 4) is 5.75 Å². The molecule has 0 bridgehead atoms. The highest BCUT2D eigenvalue weighted by Crippen LogP contribution is 2.32. The maximum atomic E-state index is 5.31. The quantitative estimate of drug-likeness (QED) is 0.772. The molecule has 1 N–H and O–H groups in total. The minimum Gasteiger partial charge on any atom is -0.497 e. The third-order valence-electron chi connectivity index (χ3n) is 4.45. The van der Waals surface area contributed by atoms with Crippen LogP contribution in [0.2, 0.25) is 0 Å². The molecule has 1 aliphatic rings. The van der Waals surface area contributed by atoms with E-state index in [4.69, 9.17) is 4.74 Å². The molecule has 1 aliphatic heterocycles. The first kappa shape index (κ1) is 14.1. The smallest absolute Gasteiger partial charge is 0.119 e. The maximum Gasteiger partial charge on any atom is 0.119 e. The van der Waals surface area contributed by atoms with Gasteiger partial charge in [-0.15, -0.1) is 0 Å². The van der Waals surface area contributed by atoms with Crippen molar-refractivity contribution in [2.24, 2.45) is 0 Å². The summed E-state index contributed by atoms with van der Waals surface area (Å²) in [5.41, 5.74) is 3.88. The van der Waals surface area contributed by atoms with Crippen molar-refractivity contribution in [2.45, 2.75) is 6.54 Å². The zero-order valence-corrected chi connectivity index (χ0v) is 13.3. The number of para-hydroxylation sites is 1. The first-order valence-electron chi connectivity index (χ1n) is 7.99. The number of nitrogens with one attached hydrogen (secondary N) is 1. The highest BCUT2D eigenvalue weighted by atomic mass is 16.5. The number of fused-ring (bicyclic) bond motifs is 2. The van der Waals surface area contributed by atoms with Gasteiger partial charge in [-0.2, -0.15) is 0 Å². The number of anilines is 2. The van der Waals surface area contributed by atoms with E-state index in [2.05, 4.69) is 64.8 Å². The summed E-state index contributed by atoms with van der Waals surface area (Å²) in [5.74, 6) is 0.898. The zero-order chi connectivity index (χ0) is 15.6. The molecule has 0 unspecified atom stereocenters. The number of nitrogens with zero attached hydrogens (tertiary/aromatic N) is 1. The molecule has 1 heterocycles. The number of rotatable bonds is 2. The standard InChI is InChI=1S/C20H20N2O/c1-23-19-9-7-15-12-18(8-6-16(15)13-19)22-11-10-21-14-17-4-2-3-5-20(17)22/h2-9,12-13,21H,10-11,14H2,1H3. The zero-order valence-electron chi connectivity index (χ0n) is 13.3. The molecule has 0 saturated carbocycles. The van der Waals surface area contributed by atoms with Crippen molar-refractivity contribution in [2.75, 3.05) is 25.1 Å². The summed E-state index contributed by atoms with van der Waals surface area (Å²) in [6.07, 6.45) is 0. The van der Waals surface area contributed by atoms with E-state index in [1.165, 1.54) is 27.7 Å². The topological polar surface area (TPSA) is 24.5 Å². The second kappa shape index (κ2) is 5.94. The third kappa shape index (κ3) is 2.64. The van der Waals surface area contributed by atoms with Gasteiger partial charge in [0.25, 0.3) is 0 Å². The molecule has 3 aromatic rings. The lowest BCUT2D eigenvalue weighted by Gasteiger charge is -2.25. The van der Waals surface area contributed by atoms with E-state index in [0.717, 1.165) is 25.4 Å². The van der Waals surface area contributed by atoms with Crippen LogP contribution < -0.4 is 15.0 Å². The average Bonchev–Trinajstić information content (AvgIpc) is 2.83. The van der Waals surface area contributed by atoms with Crippen LogP contribution in [0.1, 0.15) is 5.56 Å². The third-order valence-corrected chi connectivity index (χ3v) is 4.45. The fourth-order valence-corrected chi connectivity index (χ4v) is 3.23. The van der Waals surface area contributed by atoms with Crippen LogP contribution in [0.5, 0.6) is 5.75 Å². The van der Waals surface area contributed by atoms with Gasteiger partial charge in [-0.25, -0.2) is 0 Å². The fourth-order valence-electron chi connectivity index (χ4n) is 3.23. The van der Waals surface area contributed by atoms with Gasteiger partial charge >= 0.3 is 0 Å². The Bertz CT molecular complexity index is 844. The molecular weight excluding hydrogens is 284 g/mol. The molecule has 0 saturated heterocycles. The second-order valence-corrected chi connectivity index (χ2v) is 5.85. The molecule has 0 amide bonds. The van der Waals surface area contributed by atoms with E-state index in [-0.39, 0.29) is 0 Å². The lowest BCUT2D eigenvalue weighted by molar-refractivity contribution is 0.415. The van der Waals surface area contributed by atoms with Gasteiger partial charge < -0.3 is 15.0 Å². The van der Waals surface area contributed by atoms with Gasteiger partial charge in [0.2, 0.25) is 0 Å². The Morgan fingerprint density at radius 2 is 1.78 bits per heavy atom. The summed E-state index contributed by atoms with van der Waals surface area (Å²) in [5, 5.41) is 5.93. The van der Waals surface area contributed by atoms with Crippen LogP contribution in [0.25, 0.3) is 10.8 Å². The Labute approximate surface area is 136 Å². The average molecular weight is 304 g/mol. The predicted molar refractivity (Wildman–Crippen MR) is 95.7 cm³/mol. The molecule has 0 aromatic heterocycles. The van der Waals surface area contributed by atoms with E-state index in [0.29, 0.717) is 0 Å². The van der Waals surface area contributed by atoms with Crippen molar-refractivity contribution in [1.82, 2.24) is 5.32 Å². The Hall–Kier alpha value is -2.52. The van der Waals surface area contributed by atoms with Gasteiger partial charge in [0.05, 0.1) is 7.11 Å². The van der Waals surface area contributed by atoms with Crippen LogP contribution in [-0.2, 0) is 6.54 Å². The van der Waals surface area contributed by atoms with Crippen molar-refractivity contribution in [1.29, 1.82) is 0 Å². The van der Waals surface area contributed by atoms with Crippen LogP contribution in [0, 0.1) is 0 Å². The molecule has 0 aliphatic carbocycles. The lowest BCUT2D eigenvalue weighted by Crippen LogP contribution is -2.24.